The van der Waals surface area contributed by atoms with Crippen LogP contribution >= 0.6 is 11.6 Å². The third-order valence-corrected chi connectivity index (χ3v) is 9.40. The van der Waals surface area contributed by atoms with Crippen LogP contribution in [0.1, 0.15) is 49.3 Å². The lowest BCUT2D eigenvalue weighted by atomic mass is 10.1. The van der Waals surface area contributed by atoms with Crippen molar-refractivity contribution in [2.45, 2.75) is 70.0 Å². The van der Waals surface area contributed by atoms with Crippen LogP contribution in [-0.4, -0.2) is 43.8 Å². The third kappa shape index (κ3) is 7.04. The molecule has 4 rings (SSSR count). The van der Waals surface area contributed by atoms with Crippen LogP contribution < -0.4 is 9.62 Å². The summed E-state index contributed by atoms with van der Waals surface area (Å²) >= 11 is 6.07. The van der Waals surface area contributed by atoms with Crippen molar-refractivity contribution in [2.75, 3.05) is 10.8 Å². The quantitative estimate of drug-likeness (QED) is 0.336. The standard InChI is InChI=1S/C31H36ClN3O4S/c1-22-13-14-23(2)29(19-22)35(40(38,39)28-11-5-4-6-12-28)21-30(36)34(20-25-15-17-26(32)18-16-25)24(3)31(37)33-27-9-7-8-10-27/h4-6,11-19,24,27H,7-10,20-21H2,1-3H3,(H,33,37)/t24-/m0/s1. The van der Waals surface area contributed by atoms with E-state index in [4.69, 9.17) is 11.6 Å². The van der Waals surface area contributed by atoms with Gasteiger partial charge in [0.05, 0.1) is 10.6 Å². The molecule has 3 aromatic rings. The number of amides is 2. The number of nitrogens with one attached hydrogen (secondary N) is 1. The average molecular weight is 582 g/mol. The number of hydrogen-bond acceptors (Lipinski definition) is 4. The molecule has 1 aliphatic rings. The van der Waals surface area contributed by atoms with E-state index in [0.717, 1.165) is 41.1 Å². The lowest BCUT2D eigenvalue weighted by Crippen LogP contribution is -2.52. The van der Waals surface area contributed by atoms with E-state index in [0.29, 0.717) is 16.3 Å². The number of halogens is 1. The van der Waals surface area contributed by atoms with Crippen LogP contribution in [0.3, 0.4) is 0 Å². The highest BCUT2D eigenvalue weighted by Gasteiger charge is 2.33. The van der Waals surface area contributed by atoms with Crippen LogP contribution in [0.5, 0.6) is 0 Å². The summed E-state index contributed by atoms with van der Waals surface area (Å²) in [5, 5.41) is 3.64. The fourth-order valence-electron chi connectivity index (χ4n) is 4.98. The van der Waals surface area contributed by atoms with Crippen LogP contribution in [-0.2, 0) is 26.2 Å². The summed E-state index contributed by atoms with van der Waals surface area (Å²) in [5.74, 6) is -0.733. The monoisotopic (exact) mass is 581 g/mol. The van der Waals surface area contributed by atoms with E-state index in [-0.39, 0.29) is 23.4 Å². The molecule has 1 fully saturated rings. The fraction of sp³-hybridized carbons (Fsp3) is 0.355. The second kappa shape index (κ2) is 12.9. The molecule has 3 aromatic carbocycles. The number of hydrogen-bond donors (Lipinski definition) is 1. The molecule has 0 aliphatic heterocycles. The first-order chi connectivity index (χ1) is 19.1. The van der Waals surface area contributed by atoms with E-state index in [1.54, 1.807) is 55.5 Å². The molecular weight excluding hydrogens is 546 g/mol. The van der Waals surface area contributed by atoms with Crippen LogP contribution in [0.4, 0.5) is 5.69 Å². The molecule has 212 valence electrons. The normalized spacial score (nSPS) is 14.5. The number of nitrogens with zero attached hydrogens (tertiary/aromatic N) is 2. The van der Waals surface area contributed by atoms with Crippen LogP contribution in [0.15, 0.2) is 77.7 Å². The Labute approximate surface area is 242 Å². The molecule has 1 N–H and O–H groups in total. The summed E-state index contributed by atoms with van der Waals surface area (Å²) in [6.45, 7) is 5.04. The van der Waals surface area contributed by atoms with Crippen molar-refractivity contribution in [1.29, 1.82) is 0 Å². The van der Waals surface area contributed by atoms with Gasteiger partial charge in [0, 0.05) is 17.6 Å². The van der Waals surface area contributed by atoms with Crippen molar-refractivity contribution in [3.8, 4) is 0 Å². The molecule has 7 nitrogen and oxygen atoms in total. The van der Waals surface area contributed by atoms with Gasteiger partial charge in [-0.2, -0.15) is 0 Å². The molecule has 2 amide bonds. The third-order valence-electron chi connectivity index (χ3n) is 7.38. The Balaban J connectivity index is 1.70. The van der Waals surface area contributed by atoms with Gasteiger partial charge >= 0.3 is 0 Å². The minimum absolute atomic E-state index is 0.0833. The van der Waals surface area contributed by atoms with Gasteiger partial charge in [0.2, 0.25) is 11.8 Å². The number of carbonyl (C=O) groups excluding carboxylic acids is 2. The van der Waals surface area contributed by atoms with Gasteiger partial charge in [0.15, 0.2) is 0 Å². The highest BCUT2D eigenvalue weighted by molar-refractivity contribution is 7.92. The zero-order valence-electron chi connectivity index (χ0n) is 23.1. The highest BCUT2D eigenvalue weighted by Crippen LogP contribution is 2.28. The van der Waals surface area contributed by atoms with E-state index in [2.05, 4.69) is 5.32 Å². The van der Waals surface area contributed by atoms with Gasteiger partial charge in [0.25, 0.3) is 10.0 Å². The van der Waals surface area contributed by atoms with Crippen molar-refractivity contribution < 1.29 is 18.0 Å². The van der Waals surface area contributed by atoms with Gasteiger partial charge in [-0.3, -0.25) is 13.9 Å². The maximum Gasteiger partial charge on any atom is 0.264 e. The smallest absolute Gasteiger partial charge is 0.264 e. The van der Waals surface area contributed by atoms with Crippen molar-refractivity contribution in [3.63, 3.8) is 0 Å². The summed E-state index contributed by atoms with van der Waals surface area (Å²) in [6.07, 6.45) is 3.96. The predicted octanol–water partition coefficient (Wildman–Crippen LogP) is 5.63. The maximum atomic E-state index is 14.1. The van der Waals surface area contributed by atoms with E-state index < -0.39 is 28.5 Å². The molecule has 9 heteroatoms. The zero-order valence-corrected chi connectivity index (χ0v) is 24.7. The Bertz CT molecular complexity index is 1440. The van der Waals surface area contributed by atoms with Gasteiger partial charge in [0.1, 0.15) is 12.6 Å². The maximum absolute atomic E-state index is 14.1. The van der Waals surface area contributed by atoms with Crippen molar-refractivity contribution in [3.05, 3.63) is 94.5 Å². The molecule has 0 heterocycles. The number of carbonyl (C=O) groups is 2. The largest absolute Gasteiger partial charge is 0.352 e. The lowest BCUT2D eigenvalue weighted by Gasteiger charge is -2.33. The Kier molecular flexibility index (Phi) is 9.53. The zero-order chi connectivity index (χ0) is 28.9. The number of anilines is 1. The number of benzene rings is 3. The van der Waals surface area contributed by atoms with Gasteiger partial charge in [-0.15, -0.1) is 0 Å². The molecule has 0 spiro atoms. The van der Waals surface area contributed by atoms with Crippen LogP contribution in [0, 0.1) is 13.8 Å². The first-order valence-electron chi connectivity index (χ1n) is 13.6. The van der Waals surface area contributed by atoms with Gasteiger partial charge in [-0.25, -0.2) is 8.42 Å². The summed E-state index contributed by atoms with van der Waals surface area (Å²) in [5.41, 5.74) is 2.78. The summed E-state index contributed by atoms with van der Waals surface area (Å²) in [4.78, 5) is 28.9. The average Bonchev–Trinajstić information content (AvgIpc) is 3.45. The molecule has 1 saturated carbocycles. The molecule has 1 atom stereocenters. The molecule has 40 heavy (non-hydrogen) atoms. The molecular formula is C31H36ClN3O4S. The lowest BCUT2D eigenvalue weighted by molar-refractivity contribution is -0.139. The first-order valence-corrected chi connectivity index (χ1v) is 15.4. The number of aryl methyl sites for hydroxylation is 2. The number of rotatable bonds is 10. The van der Waals surface area contributed by atoms with Crippen molar-refractivity contribution in [1.82, 2.24) is 10.2 Å². The predicted molar refractivity (Wildman–Crippen MR) is 159 cm³/mol. The van der Waals surface area contributed by atoms with Crippen LogP contribution in [0.25, 0.3) is 0 Å². The Morgan fingerprint density at radius 2 is 1.62 bits per heavy atom. The second-order valence-electron chi connectivity index (χ2n) is 10.4. The van der Waals surface area contributed by atoms with E-state index in [9.17, 15) is 18.0 Å². The Morgan fingerprint density at radius 3 is 2.27 bits per heavy atom. The minimum Gasteiger partial charge on any atom is -0.352 e. The van der Waals surface area contributed by atoms with Gasteiger partial charge in [-0.05, 0) is 80.6 Å². The van der Waals surface area contributed by atoms with Gasteiger partial charge < -0.3 is 10.2 Å². The SMILES string of the molecule is Cc1ccc(C)c(N(CC(=O)N(Cc2ccc(Cl)cc2)[C@@H](C)C(=O)NC2CCCC2)S(=O)(=O)c2ccccc2)c1. The first kappa shape index (κ1) is 29.6. The Morgan fingerprint density at radius 1 is 0.975 bits per heavy atom. The minimum atomic E-state index is -4.10. The summed E-state index contributed by atoms with van der Waals surface area (Å²) in [7, 11) is -4.10. The van der Waals surface area contributed by atoms with Crippen molar-refractivity contribution in [2.24, 2.45) is 0 Å². The van der Waals surface area contributed by atoms with Crippen LogP contribution in [0.2, 0.25) is 5.02 Å². The van der Waals surface area contributed by atoms with E-state index in [1.807, 2.05) is 26.0 Å². The molecule has 0 unspecified atom stereocenters. The highest BCUT2D eigenvalue weighted by atomic mass is 35.5. The van der Waals surface area contributed by atoms with E-state index >= 15 is 0 Å². The van der Waals surface area contributed by atoms with E-state index in [1.165, 1.54) is 17.0 Å². The fourth-order valence-corrected chi connectivity index (χ4v) is 6.60. The topological polar surface area (TPSA) is 86.8 Å². The molecule has 0 saturated heterocycles. The summed E-state index contributed by atoms with van der Waals surface area (Å²) in [6, 6.07) is 19.9. The van der Waals surface area contributed by atoms with Gasteiger partial charge in [-0.1, -0.05) is 66.9 Å². The Hall–Kier alpha value is -3.36. The number of sulfonamides is 1. The molecule has 0 aromatic heterocycles. The summed E-state index contributed by atoms with van der Waals surface area (Å²) < 4.78 is 29.0. The van der Waals surface area contributed by atoms with Crippen molar-refractivity contribution >= 4 is 39.1 Å². The second-order valence-corrected chi connectivity index (χ2v) is 12.7. The molecule has 0 radical (unpaired) electrons. The molecule has 0 bridgehead atoms. The molecule has 1 aliphatic carbocycles.